The summed E-state index contributed by atoms with van der Waals surface area (Å²) >= 11 is 3.46. The summed E-state index contributed by atoms with van der Waals surface area (Å²) in [5.41, 5.74) is 1.23. The van der Waals surface area contributed by atoms with Gasteiger partial charge >= 0.3 is 0 Å². The molecule has 1 rings (SSSR count). The van der Waals surface area contributed by atoms with Crippen molar-refractivity contribution >= 4 is 21.7 Å². The van der Waals surface area contributed by atoms with Crippen LogP contribution in [0.25, 0.3) is 0 Å². The highest BCUT2D eigenvalue weighted by Crippen LogP contribution is 2.17. The Balaban J connectivity index is 2.09. The molecule has 0 unspecified atom stereocenters. The molecule has 1 N–H and O–H groups in total. The minimum atomic E-state index is 0.845. The van der Waals surface area contributed by atoms with Gasteiger partial charge in [0.05, 0.1) is 0 Å². The van der Waals surface area contributed by atoms with Gasteiger partial charge in [-0.1, -0.05) is 39.5 Å². The van der Waals surface area contributed by atoms with Gasteiger partial charge in [0, 0.05) is 17.2 Å². The lowest BCUT2D eigenvalue weighted by Gasteiger charge is -2.07. The summed E-state index contributed by atoms with van der Waals surface area (Å²) < 4.78 is 1.07. The van der Waals surface area contributed by atoms with Crippen LogP contribution in [0.5, 0.6) is 0 Å². The van der Waals surface area contributed by atoms with E-state index in [-0.39, 0.29) is 0 Å². The third-order valence-corrected chi connectivity index (χ3v) is 3.89. The van der Waals surface area contributed by atoms with E-state index in [0.717, 1.165) is 22.8 Å². The Labute approximate surface area is 120 Å². The van der Waals surface area contributed by atoms with Gasteiger partial charge in [-0.3, -0.25) is 0 Å². The fourth-order valence-corrected chi connectivity index (χ4v) is 2.10. The second-order valence-corrected chi connectivity index (χ2v) is 6.20. The molecular weight excluding hydrogens is 288 g/mol. The topological polar surface area (TPSA) is 24.9 Å². The first kappa shape index (κ1) is 15.5. The Kier molecular flexibility index (Phi) is 7.33. The van der Waals surface area contributed by atoms with Crippen molar-refractivity contribution < 1.29 is 0 Å². The molecule has 1 aromatic rings. The van der Waals surface area contributed by atoms with Crippen LogP contribution in [0.4, 0.5) is 5.82 Å². The maximum absolute atomic E-state index is 4.34. The Morgan fingerprint density at radius 2 is 1.94 bits per heavy atom. The monoisotopic (exact) mass is 312 g/mol. The Bertz CT molecular complexity index is 350. The largest absolute Gasteiger partial charge is 0.370 e. The molecule has 2 nitrogen and oxygen atoms in total. The molecule has 0 radical (unpaired) electrons. The number of hydrogen-bond donors (Lipinski definition) is 1. The van der Waals surface area contributed by atoms with Gasteiger partial charge in [-0.2, -0.15) is 0 Å². The molecule has 0 aliphatic heterocycles. The van der Waals surface area contributed by atoms with Crippen LogP contribution in [-0.4, -0.2) is 11.5 Å². The maximum atomic E-state index is 4.34. The van der Waals surface area contributed by atoms with Crippen molar-refractivity contribution in [3.8, 4) is 0 Å². The predicted molar refractivity (Wildman–Crippen MR) is 83.1 cm³/mol. The van der Waals surface area contributed by atoms with Crippen LogP contribution in [0.1, 0.15) is 51.5 Å². The number of nitrogens with one attached hydrogen (secondary N) is 1. The van der Waals surface area contributed by atoms with E-state index in [1.807, 2.05) is 6.20 Å². The minimum absolute atomic E-state index is 0.845. The third-order valence-electron chi connectivity index (χ3n) is 3.06. The molecule has 18 heavy (non-hydrogen) atoms. The lowest BCUT2D eigenvalue weighted by molar-refractivity contribution is 0.523. The van der Waals surface area contributed by atoms with Gasteiger partial charge in [-0.15, -0.1) is 0 Å². The Hall–Kier alpha value is -0.570. The number of aryl methyl sites for hydroxylation is 1. The number of unbranched alkanes of at least 4 members (excludes halogenated alkanes) is 3. The van der Waals surface area contributed by atoms with Crippen molar-refractivity contribution in [1.29, 1.82) is 0 Å². The van der Waals surface area contributed by atoms with Crippen LogP contribution in [0.15, 0.2) is 16.7 Å². The van der Waals surface area contributed by atoms with Crippen LogP contribution in [0, 0.1) is 12.8 Å². The maximum Gasteiger partial charge on any atom is 0.126 e. The van der Waals surface area contributed by atoms with Crippen LogP contribution < -0.4 is 5.32 Å². The highest BCUT2D eigenvalue weighted by Gasteiger charge is 1.98. The zero-order valence-corrected chi connectivity index (χ0v) is 13.4. The molecule has 0 atom stereocenters. The highest BCUT2D eigenvalue weighted by atomic mass is 79.9. The van der Waals surface area contributed by atoms with Crippen LogP contribution in [0.3, 0.4) is 0 Å². The SMILES string of the molecule is Cc1cc(NCCCCCCC(C)C)ncc1Br. The summed E-state index contributed by atoms with van der Waals surface area (Å²) in [6, 6.07) is 2.09. The van der Waals surface area contributed by atoms with Gasteiger partial charge in [0.25, 0.3) is 0 Å². The summed E-state index contributed by atoms with van der Waals surface area (Å²) in [6.07, 6.45) is 8.49. The number of hydrogen-bond acceptors (Lipinski definition) is 2. The number of nitrogens with zero attached hydrogens (tertiary/aromatic N) is 1. The zero-order chi connectivity index (χ0) is 13.4. The summed E-state index contributed by atoms with van der Waals surface area (Å²) in [5.74, 6) is 1.83. The molecule has 0 saturated heterocycles. The third kappa shape index (κ3) is 6.39. The van der Waals surface area contributed by atoms with Crippen molar-refractivity contribution in [1.82, 2.24) is 4.98 Å². The lowest BCUT2D eigenvalue weighted by atomic mass is 10.0. The molecule has 0 bridgehead atoms. The zero-order valence-electron chi connectivity index (χ0n) is 11.8. The molecule has 102 valence electrons. The average Bonchev–Trinajstić information content (AvgIpc) is 2.32. The number of rotatable bonds is 8. The lowest BCUT2D eigenvalue weighted by Crippen LogP contribution is -2.03. The average molecular weight is 313 g/mol. The van der Waals surface area contributed by atoms with Crippen molar-refractivity contribution in [2.24, 2.45) is 5.92 Å². The molecule has 1 heterocycles. The molecule has 0 spiro atoms. The summed E-state index contributed by atoms with van der Waals surface area (Å²) in [7, 11) is 0. The van der Waals surface area contributed by atoms with E-state index in [4.69, 9.17) is 0 Å². The van der Waals surface area contributed by atoms with Crippen molar-refractivity contribution in [3.05, 3.63) is 22.3 Å². The molecular formula is C15H25BrN2. The first-order valence-corrected chi connectivity index (χ1v) is 7.75. The number of aromatic nitrogens is 1. The molecule has 1 aromatic heterocycles. The van der Waals surface area contributed by atoms with Crippen molar-refractivity contribution in [2.75, 3.05) is 11.9 Å². The van der Waals surface area contributed by atoms with E-state index in [9.17, 15) is 0 Å². The van der Waals surface area contributed by atoms with Gasteiger partial charge < -0.3 is 5.32 Å². The molecule has 3 heteroatoms. The first-order valence-electron chi connectivity index (χ1n) is 6.95. The Morgan fingerprint density at radius 1 is 1.22 bits per heavy atom. The standard InChI is InChI=1S/C15H25BrN2/c1-12(2)8-6-4-5-7-9-17-15-10-13(3)14(16)11-18-15/h10-12H,4-9H2,1-3H3,(H,17,18). The summed E-state index contributed by atoms with van der Waals surface area (Å²) in [5, 5.41) is 3.38. The Morgan fingerprint density at radius 3 is 2.61 bits per heavy atom. The van der Waals surface area contributed by atoms with E-state index in [0.29, 0.717) is 0 Å². The molecule has 0 aromatic carbocycles. The van der Waals surface area contributed by atoms with Crippen LogP contribution in [0.2, 0.25) is 0 Å². The summed E-state index contributed by atoms with van der Waals surface area (Å²) in [6.45, 7) is 7.70. The van der Waals surface area contributed by atoms with Gasteiger partial charge in [0.15, 0.2) is 0 Å². The molecule has 0 aliphatic carbocycles. The molecule has 0 saturated carbocycles. The van der Waals surface area contributed by atoms with Gasteiger partial charge in [0.1, 0.15) is 5.82 Å². The van der Waals surface area contributed by atoms with Gasteiger partial charge in [-0.25, -0.2) is 4.98 Å². The van der Waals surface area contributed by atoms with E-state index >= 15 is 0 Å². The highest BCUT2D eigenvalue weighted by molar-refractivity contribution is 9.10. The van der Waals surface area contributed by atoms with E-state index in [2.05, 4.69) is 53.1 Å². The van der Waals surface area contributed by atoms with Crippen LogP contribution >= 0.6 is 15.9 Å². The summed E-state index contributed by atoms with van der Waals surface area (Å²) in [4.78, 5) is 4.34. The number of anilines is 1. The minimum Gasteiger partial charge on any atom is -0.370 e. The molecule has 0 fully saturated rings. The van der Waals surface area contributed by atoms with E-state index < -0.39 is 0 Å². The van der Waals surface area contributed by atoms with Crippen LogP contribution in [-0.2, 0) is 0 Å². The second-order valence-electron chi connectivity index (χ2n) is 5.34. The molecule has 0 aliphatic rings. The van der Waals surface area contributed by atoms with Gasteiger partial charge in [-0.05, 0) is 46.8 Å². The smallest absolute Gasteiger partial charge is 0.126 e. The van der Waals surface area contributed by atoms with Gasteiger partial charge in [0.2, 0.25) is 0 Å². The van der Waals surface area contributed by atoms with Crippen molar-refractivity contribution in [3.63, 3.8) is 0 Å². The van der Waals surface area contributed by atoms with E-state index in [1.165, 1.54) is 37.7 Å². The number of halogens is 1. The predicted octanol–water partition coefficient (Wildman–Crippen LogP) is 5.17. The first-order chi connectivity index (χ1) is 8.59. The fraction of sp³-hybridized carbons (Fsp3) is 0.667. The normalized spacial score (nSPS) is 10.9. The number of pyridine rings is 1. The molecule has 0 amide bonds. The fourth-order valence-electron chi connectivity index (χ4n) is 1.88. The van der Waals surface area contributed by atoms with Crippen molar-refractivity contribution in [2.45, 2.75) is 52.9 Å². The van der Waals surface area contributed by atoms with E-state index in [1.54, 1.807) is 0 Å². The second kappa shape index (κ2) is 8.52. The quantitative estimate of drug-likeness (QED) is 0.670.